The van der Waals surface area contributed by atoms with E-state index in [1.807, 2.05) is 6.07 Å². The highest BCUT2D eigenvalue weighted by Gasteiger charge is 2.35. The molecule has 150 valence electrons. The van der Waals surface area contributed by atoms with Gasteiger partial charge in [0.25, 0.3) is 0 Å². The quantitative estimate of drug-likeness (QED) is 0.791. The number of carbonyl (C=O) groups is 1. The van der Waals surface area contributed by atoms with Crippen LogP contribution in [-0.2, 0) is 21.4 Å². The van der Waals surface area contributed by atoms with Crippen molar-refractivity contribution in [1.82, 2.24) is 14.6 Å². The summed E-state index contributed by atoms with van der Waals surface area (Å²) in [6, 6.07) is 7.00. The van der Waals surface area contributed by atoms with Crippen molar-refractivity contribution < 1.29 is 22.3 Å². The van der Waals surface area contributed by atoms with Crippen molar-refractivity contribution in [3.05, 3.63) is 54.1 Å². The molecular weight excluding hydrogens is 385 g/mol. The Balaban J connectivity index is 1.72. The molecule has 0 unspecified atom stereocenters. The van der Waals surface area contributed by atoms with Crippen molar-refractivity contribution >= 4 is 15.9 Å². The topological polar surface area (TPSA) is 88.6 Å². The lowest BCUT2D eigenvalue weighted by Gasteiger charge is -2.31. The van der Waals surface area contributed by atoms with E-state index in [-0.39, 0.29) is 29.6 Å². The molecule has 3 rings (SSSR count). The molecule has 7 nitrogen and oxygen atoms in total. The highest BCUT2D eigenvalue weighted by molar-refractivity contribution is 7.89. The van der Waals surface area contributed by atoms with Gasteiger partial charge in [-0.3, -0.25) is 9.78 Å². The van der Waals surface area contributed by atoms with Crippen LogP contribution in [0.1, 0.15) is 18.4 Å². The molecule has 1 aliphatic rings. The number of carbonyl (C=O) groups excluding carboxylic acids is 1. The van der Waals surface area contributed by atoms with E-state index in [4.69, 9.17) is 4.74 Å². The van der Waals surface area contributed by atoms with Gasteiger partial charge >= 0.3 is 0 Å². The van der Waals surface area contributed by atoms with Crippen LogP contribution in [0, 0.1) is 11.7 Å². The van der Waals surface area contributed by atoms with E-state index < -0.39 is 21.8 Å². The Morgan fingerprint density at radius 1 is 1.39 bits per heavy atom. The lowest BCUT2D eigenvalue weighted by Crippen LogP contribution is -2.45. The second-order valence-corrected chi connectivity index (χ2v) is 8.48. The maximum atomic E-state index is 13.6. The molecule has 1 atom stereocenters. The Labute approximate surface area is 163 Å². The van der Waals surface area contributed by atoms with E-state index in [1.54, 1.807) is 18.5 Å². The minimum absolute atomic E-state index is 0.0425. The summed E-state index contributed by atoms with van der Waals surface area (Å²) >= 11 is 0. The maximum Gasteiger partial charge on any atom is 0.246 e. The van der Waals surface area contributed by atoms with E-state index in [2.05, 4.69) is 10.3 Å². The maximum absolute atomic E-state index is 13.6. The number of sulfonamides is 1. The van der Waals surface area contributed by atoms with Crippen molar-refractivity contribution in [3.63, 3.8) is 0 Å². The number of aromatic nitrogens is 1. The predicted molar refractivity (Wildman–Crippen MR) is 101 cm³/mol. The summed E-state index contributed by atoms with van der Waals surface area (Å²) in [5.74, 6) is -1.28. The van der Waals surface area contributed by atoms with E-state index >= 15 is 0 Å². The fourth-order valence-corrected chi connectivity index (χ4v) is 4.89. The van der Waals surface area contributed by atoms with Crippen molar-refractivity contribution in [3.8, 4) is 5.75 Å². The van der Waals surface area contributed by atoms with Gasteiger partial charge in [0.2, 0.25) is 15.9 Å². The summed E-state index contributed by atoms with van der Waals surface area (Å²) < 4.78 is 46.0. The number of methoxy groups -OCH3 is 1. The molecular formula is C19H22FN3O4S. The van der Waals surface area contributed by atoms with Crippen LogP contribution in [0.15, 0.2) is 47.6 Å². The molecule has 1 aromatic carbocycles. The largest absolute Gasteiger partial charge is 0.495 e. The van der Waals surface area contributed by atoms with Gasteiger partial charge in [0.15, 0.2) is 0 Å². The molecule has 0 spiro atoms. The smallest absolute Gasteiger partial charge is 0.246 e. The Morgan fingerprint density at radius 2 is 2.21 bits per heavy atom. The summed E-state index contributed by atoms with van der Waals surface area (Å²) in [4.78, 5) is 16.3. The molecule has 0 radical (unpaired) electrons. The fraction of sp³-hybridized carbons (Fsp3) is 0.368. The first kappa shape index (κ1) is 20.2. The van der Waals surface area contributed by atoms with Gasteiger partial charge in [0.05, 0.1) is 13.0 Å². The van der Waals surface area contributed by atoms with Crippen LogP contribution < -0.4 is 10.1 Å². The summed E-state index contributed by atoms with van der Waals surface area (Å²) in [7, 11) is -2.65. The van der Waals surface area contributed by atoms with Crippen molar-refractivity contribution in [1.29, 1.82) is 0 Å². The van der Waals surface area contributed by atoms with Crippen LogP contribution in [0.25, 0.3) is 0 Å². The molecule has 0 aliphatic carbocycles. The fourth-order valence-electron chi connectivity index (χ4n) is 3.20. The molecule has 28 heavy (non-hydrogen) atoms. The number of piperidine rings is 1. The molecule has 2 aromatic rings. The minimum atomic E-state index is -3.98. The number of benzene rings is 1. The second kappa shape index (κ2) is 8.66. The van der Waals surface area contributed by atoms with E-state index in [1.165, 1.54) is 17.5 Å². The third-order valence-electron chi connectivity index (χ3n) is 4.69. The molecule has 1 saturated heterocycles. The van der Waals surface area contributed by atoms with E-state index in [0.29, 0.717) is 19.4 Å². The van der Waals surface area contributed by atoms with Crippen LogP contribution >= 0.6 is 0 Å². The number of hydrogen-bond donors (Lipinski definition) is 1. The molecule has 1 amide bonds. The first-order chi connectivity index (χ1) is 13.4. The molecule has 2 heterocycles. The number of ether oxygens (including phenoxy) is 1. The second-order valence-electron chi connectivity index (χ2n) is 6.58. The minimum Gasteiger partial charge on any atom is -0.495 e. The van der Waals surface area contributed by atoms with Gasteiger partial charge in [-0.05, 0) is 42.7 Å². The summed E-state index contributed by atoms with van der Waals surface area (Å²) in [5.41, 5.74) is 0.862. The molecule has 1 aromatic heterocycles. The van der Waals surface area contributed by atoms with Gasteiger partial charge in [-0.25, -0.2) is 12.8 Å². The number of nitrogens with zero attached hydrogens (tertiary/aromatic N) is 2. The molecule has 0 bridgehead atoms. The molecule has 0 saturated carbocycles. The van der Waals surface area contributed by atoms with E-state index in [9.17, 15) is 17.6 Å². The Morgan fingerprint density at radius 3 is 2.93 bits per heavy atom. The predicted octanol–water partition coefficient (Wildman–Crippen LogP) is 1.95. The number of rotatable bonds is 6. The zero-order valence-corrected chi connectivity index (χ0v) is 16.3. The van der Waals surface area contributed by atoms with Crippen LogP contribution in [0.2, 0.25) is 0 Å². The lowest BCUT2D eigenvalue weighted by molar-refractivity contribution is -0.126. The number of nitrogens with one attached hydrogen (secondary N) is 1. The monoisotopic (exact) mass is 407 g/mol. The standard InChI is InChI=1S/C19H22FN3O4S/c1-27-17-7-6-16(20)10-18(17)28(25,26)23-9-3-5-15(13-23)19(24)22-12-14-4-2-8-21-11-14/h2,4,6-8,10-11,15H,3,5,9,12-13H2,1H3,(H,22,24)/t15-/m0/s1. The average Bonchev–Trinajstić information content (AvgIpc) is 2.72. The number of amides is 1. The van der Waals surface area contributed by atoms with Crippen molar-refractivity contribution in [2.24, 2.45) is 5.92 Å². The normalized spacial score (nSPS) is 17.9. The van der Waals surface area contributed by atoms with E-state index in [0.717, 1.165) is 17.7 Å². The zero-order chi connectivity index (χ0) is 20.1. The van der Waals surface area contributed by atoms with Gasteiger partial charge < -0.3 is 10.1 Å². The SMILES string of the molecule is COc1ccc(F)cc1S(=O)(=O)N1CCC[C@H](C(=O)NCc2cccnc2)C1. The summed E-state index contributed by atoms with van der Waals surface area (Å²) in [6.07, 6.45) is 4.44. The van der Waals surface area contributed by atoms with Crippen LogP contribution in [0.5, 0.6) is 5.75 Å². The number of halogens is 1. The van der Waals surface area contributed by atoms with Gasteiger partial charge in [0.1, 0.15) is 16.5 Å². The molecule has 1 fully saturated rings. The number of pyridine rings is 1. The Bertz CT molecular complexity index is 937. The molecule has 1 aliphatic heterocycles. The van der Waals surface area contributed by atoms with Crippen molar-refractivity contribution in [2.75, 3.05) is 20.2 Å². The van der Waals surface area contributed by atoms with Gasteiger partial charge in [-0.2, -0.15) is 4.31 Å². The molecule has 1 N–H and O–H groups in total. The number of hydrogen-bond acceptors (Lipinski definition) is 5. The van der Waals surface area contributed by atoms with Gasteiger partial charge in [-0.1, -0.05) is 6.07 Å². The average molecular weight is 407 g/mol. The van der Waals surface area contributed by atoms with Crippen LogP contribution in [0.3, 0.4) is 0 Å². The first-order valence-corrected chi connectivity index (χ1v) is 10.4. The summed E-state index contributed by atoms with van der Waals surface area (Å²) in [6.45, 7) is 0.642. The first-order valence-electron chi connectivity index (χ1n) is 8.92. The zero-order valence-electron chi connectivity index (χ0n) is 15.5. The Kier molecular flexibility index (Phi) is 6.25. The van der Waals surface area contributed by atoms with Gasteiger partial charge in [0, 0.05) is 32.0 Å². The highest BCUT2D eigenvalue weighted by Crippen LogP contribution is 2.30. The molecule has 9 heteroatoms. The third kappa shape index (κ3) is 4.48. The van der Waals surface area contributed by atoms with Crippen molar-refractivity contribution in [2.45, 2.75) is 24.3 Å². The van der Waals surface area contributed by atoms with Gasteiger partial charge in [-0.15, -0.1) is 0 Å². The van der Waals surface area contributed by atoms with Crippen LogP contribution in [-0.4, -0.2) is 43.8 Å². The summed E-state index contributed by atoms with van der Waals surface area (Å²) in [5, 5.41) is 2.83. The Hall–Kier alpha value is -2.52. The van der Waals surface area contributed by atoms with Crippen LogP contribution in [0.4, 0.5) is 4.39 Å². The lowest BCUT2D eigenvalue weighted by atomic mass is 9.99. The third-order valence-corrected chi connectivity index (χ3v) is 6.57. The highest BCUT2D eigenvalue weighted by atomic mass is 32.2.